The van der Waals surface area contributed by atoms with Gasteiger partial charge in [0.25, 0.3) is 0 Å². The fraction of sp³-hybridized carbons (Fsp3) is 0.143. The maximum Gasteiger partial charge on any atom is 0.174 e. The van der Waals surface area contributed by atoms with E-state index in [9.17, 15) is 10.1 Å². The lowest BCUT2D eigenvalue weighted by Crippen LogP contribution is -2.13. The number of nitrogens with zero attached hydrogens (tertiary/aromatic N) is 4. The fourth-order valence-electron chi connectivity index (χ4n) is 2.92. The Morgan fingerprint density at radius 2 is 1.93 bits per heavy atom. The summed E-state index contributed by atoms with van der Waals surface area (Å²) >= 11 is 2.70. The highest BCUT2D eigenvalue weighted by atomic mass is 32.2. The molecule has 28 heavy (non-hydrogen) atoms. The van der Waals surface area contributed by atoms with Gasteiger partial charge in [-0.1, -0.05) is 42.1 Å². The molecule has 0 radical (unpaired) electrons. The van der Waals surface area contributed by atoms with Crippen molar-refractivity contribution in [3.8, 4) is 11.8 Å². The Kier molecular flexibility index (Phi) is 5.24. The second kappa shape index (κ2) is 7.97. The third-order valence-corrected chi connectivity index (χ3v) is 6.21. The van der Waals surface area contributed by atoms with Crippen molar-refractivity contribution in [2.24, 2.45) is 0 Å². The third-order valence-electron chi connectivity index (χ3n) is 4.22. The van der Waals surface area contributed by atoms with Crippen molar-refractivity contribution >= 4 is 39.9 Å². The average Bonchev–Trinajstić information content (AvgIpc) is 3.31. The number of thiazole rings is 1. The van der Waals surface area contributed by atoms with Crippen molar-refractivity contribution in [3.05, 3.63) is 70.7 Å². The van der Waals surface area contributed by atoms with Gasteiger partial charge in [-0.3, -0.25) is 9.36 Å². The first-order valence-corrected chi connectivity index (χ1v) is 10.5. The lowest BCUT2D eigenvalue weighted by atomic mass is 10.1. The van der Waals surface area contributed by atoms with Gasteiger partial charge in [-0.15, -0.1) is 11.3 Å². The van der Waals surface area contributed by atoms with Gasteiger partial charge in [-0.05, 0) is 31.2 Å². The van der Waals surface area contributed by atoms with Crippen LogP contribution in [0.25, 0.3) is 16.7 Å². The summed E-state index contributed by atoms with van der Waals surface area (Å²) in [6.45, 7) is 1.86. The largest absolute Gasteiger partial charge is 0.297 e. The van der Waals surface area contributed by atoms with Crippen LogP contribution < -0.4 is 0 Å². The van der Waals surface area contributed by atoms with Crippen molar-refractivity contribution in [2.45, 2.75) is 18.0 Å². The van der Waals surface area contributed by atoms with Crippen LogP contribution in [0.2, 0.25) is 0 Å². The lowest BCUT2D eigenvalue weighted by molar-refractivity contribution is -0.116. The number of nitriles is 1. The minimum absolute atomic E-state index is 0.159. The van der Waals surface area contributed by atoms with Crippen molar-refractivity contribution in [1.82, 2.24) is 14.5 Å². The topological polar surface area (TPSA) is 71.6 Å². The zero-order valence-electron chi connectivity index (χ0n) is 15.1. The molecule has 2 aromatic carbocycles. The highest BCUT2D eigenvalue weighted by Gasteiger charge is 2.24. The number of hydrogen-bond donors (Lipinski definition) is 0. The first-order chi connectivity index (χ1) is 13.7. The molecule has 5 nitrogen and oxygen atoms in total. The number of carbonyl (C=O) groups is 1. The number of aryl methyl sites for hydroxylation is 1. The number of imidazole rings is 1. The molecule has 4 aromatic rings. The highest BCUT2D eigenvalue weighted by molar-refractivity contribution is 7.99. The summed E-state index contributed by atoms with van der Waals surface area (Å²) in [5.74, 6) is -0.832. The van der Waals surface area contributed by atoms with Gasteiger partial charge in [0.05, 0.1) is 22.9 Å². The SMILES string of the molecule is Cc1csc([C@@H](C#N)C(=O)CSc2nc3ccccc3n2-c2ccccc2)n1. The van der Waals surface area contributed by atoms with Gasteiger partial charge in [0.1, 0.15) is 5.01 Å². The summed E-state index contributed by atoms with van der Waals surface area (Å²) in [7, 11) is 0. The van der Waals surface area contributed by atoms with Gasteiger partial charge in [-0.25, -0.2) is 9.97 Å². The maximum absolute atomic E-state index is 12.7. The second-order valence-corrected chi connectivity index (χ2v) is 8.03. The quantitative estimate of drug-likeness (QED) is 0.433. The molecule has 0 bridgehead atoms. The van der Waals surface area contributed by atoms with E-state index in [4.69, 9.17) is 4.98 Å². The molecule has 0 spiro atoms. The number of fused-ring (bicyclic) bond motifs is 1. The van der Waals surface area contributed by atoms with Crippen LogP contribution >= 0.6 is 23.1 Å². The molecule has 0 saturated heterocycles. The van der Waals surface area contributed by atoms with E-state index in [1.165, 1.54) is 23.1 Å². The highest BCUT2D eigenvalue weighted by Crippen LogP contribution is 2.29. The van der Waals surface area contributed by atoms with E-state index in [-0.39, 0.29) is 11.5 Å². The van der Waals surface area contributed by atoms with E-state index >= 15 is 0 Å². The number of rotatable bonds is 6. The maximum atomic E-state index is 12.7. The third kappa shape index (κ3) is 3.57. The molecule has 0 amide bonds. The molecule has 7 heteroatoms. The molecule has 2 heterocycles. The van der Waals surface area contributed by atoms with E-state index < -0.39 is 5.92 Å². The Balaban J connectivity index is 1.63. The van der Waals surface area contributed by atoms with Gasteiger partial charge >= 0.3 is 0 Å². The second-order valence-electron chi connectivity index (χ2n) is 6.20. The van der Waals surface area contributed by atoms with E-state index in [1.54, 1.807) is 0 Å². The van der Waals surface area contributed by atoms with Gasteiger partial charge in [-0.2, -0.15) is 5.26 Å². The van der Waals surface area contributed by atoms with Crippen LogP contribution in [0.1, 0.15) is 16.6 Å². The summed E-state index contributed by atoms with van der Waals surface area (Å²) in [6.07, 6.45) is 0. The fourth-order valence-corrected chi connectivity index (χ4v) is 4.71. The minimum atomic E-state index is -0.833. The minimum Gasteiger partial charge on any atom is -0.297 e. The molecule has 0 aliphatic heterocycles. The lowest BCUT2D eigenvalue weighted by Gasteiger charge is -2.09. The van der Waals surface area contributed by atoms with Gasteiger partial charge in [0, 0.05) is 16.8 Å². The first-order valence-electron chi connectivity index (χ1n) is 8.67. The molecular weight excluding hydrogens is 388 g/mol. The van der Waals surface area contributed by atoms with E-state index in [0.717, 1.165) is 27.6 Å². The summed E-state index contributed by atoms with van der Waals surface area (Å²) in [6, 6.07) is 19.9. The molecule has 0 unspecified atom stereocenters. The Bertz CT molecular complexity index is 1170. The van der Waals surface area contributed by atoms with Crippen molar-refractivity contribution in [2.75, 3.05) is 5.75 Å². The number of aromatic nitrogens is 3. The average molecular weight is 405 g/mol. The predicted molar refractivity (Wildman–Crippen MR) is 112 cm³/mol. The van der Waals surface area contributed by atoms with E-state index in [0.29, 0.717) is 5.01 Å². The van der Waals surface area contributed by atoms with Crippen molar-refractivity contribution in [3.63, 3.8) is 0 Å². The van der Waals surface area contributed by atoms with Crippen LogP contribution in [-0.2, 0) is 4.79 Å². The molecule has 0 aliphatic carbocycles. The molecule has 0 N–H and O–H groups in total. The van der Waals surface area contributed by atoms with Crippen molar-refractivity contribution < 1.29 is 4.79 Å². The van der Waals surface area contributed by atoms with Crippen LogP contribution in [0.5, 0.6) is 0 Å². The van der Waals surface area contributed by atoms with Crippen LogP contribution in [0.4, 0.5) is 0 Å². The molecule has 1 atom stereocenters. The molecule has 0 fully saturated rings. The zero-order chi connectivity index (χ0) is 19.5. The smallest absolute Gasteiger partial charge is 0.174 e. The van der Waals surface area contributed by atoms with E-state index in [1.807, 2.05) is 71.5 Å². The molecule has 0 saturated carbocycles. The van der Waals surface area contributed by atoms with Gasteiger partial charge in [0.15, 0.2) is 16.9 Å². The van der Waals surface area contributed by atoms with Crippen LogP contribution in [0.15, 0.2) is 65.1 Å². The number of carbonyl (C=O) groups excluding carboxylic acids is 1. The Labute approximate surface area is 170 Å². The monoisotopic (exact) mass is 404 g/mol. The number of thioether (sulfide) groups is 1. The van der Waals surface area contributed by atoms with Crippen LogP contribution in [0.3, 0.4) is 0 Å². The standard InChI is InChI=1S/C21H16N4OS2/c1-14-12-27-20(23-14)16(11-22)19(26)13-28-21-24-17-9-5-6-10-18(17)25(21)15-7-3-2-4-8-15/h2-10,12,16H,13H2,1H3/t16-/m0/s1. The normalized spacial score (nSPS) is 12.0. The number of benzene rings is 2. The number of Topliss-reactive ketones (excluding diaryl/α,β-unsaturated/α-hetero) is 1. The predicted octanol–water partition coefficient (Wildman–Crippen LogP) is 4.76. The van der Waals surface area contributed by atoms with Crippen LogP contribution in [0, 0.1) is 18.3 Å². The molecule has 2 aromatic heterocycles. The summed E-state index contributed by atoms with van der Waals surface area (Å²) < 4.78 is 2.04. The first kappa shape index (κ1) is 18.4. The number of para-hydroxylation sites is 3. The number of hydrogen-bond acceptors (Lipinski definition) is 6. The zero-order valence-corrected chi connectivity index (χ0v) is 16.7. The van der Waals surface area contributed by atoms with E-state index in [2.05, 4.69) is 11.1 Å². The Morgan fingerprint density at radius 1 is 1.18 bits per heavy atom. The van der Waals surface area contributed by atoms with Crippen molar-refractivity contribution in [1.29, 1.82) is 5.26 Å². The number of ketones is 1. The molecule has 0 aliphatic rings. The van der Waals surface area contributed by atoms with Gasteiger partial charge in [0.2, 0.25) is 0 Å². The summed E-state index contributed by atoms with van der Waals surface area (Å²) in [5, 5.41) is 12.6. The molecular formula is C21H16N4OS2. The Morgan fingerprint density at radius 3 is 2.64 bits per heavy atom. The van der Waals surface area contributed by atoms with Gasteiger partial charge < -0.3 is 0 Å². The molecule has 138 valence electrons. The Hall–Kier alpha value is -2.95. The summed E-state index contributed by atoms with van der Waals surface area (Å²) in [5.41, 5.74) is 3.66. The summed E-state index contributed by atoms with van der Waals surface area (Å²) in [4.78, 5) is 21.7. The van der Waals surface area contributed by atoms with Crippen LogP contribution in [-0.4, -0.2) is 26.1 Å². The molecule has 4 rings (SSSR count).